The van der Waals surface area contributed by atoms with E-state index in [1.165, 1.54) is 0 Å². The van der Waals surface area contributed by atoms with Gasteiger partial charge in [-0.3, -0.25) is 9.69 Å². The lowest BCUT2D eigenvalue weighted by molar-refractivity contribution is -0.136. The molecule has 5 nitrogen and oxygen atoms in total. The maximum Gasteiger partial charge on any atom is 0.239 e. The summed E-state index contributed by atoms with van der Waals surface area (Å²) in [5, 5.41) is 18.1. The number of aliphatic hydroxyl groups excluding tert-OH is 1. The number of amides is 1. The fourth-order valence-electron chi connectivity index (χ4n) is 2.14. The molecule has 0 aromatic carbocycles. The third kappa shape index (κ3) is 3.99. The molecule has 0 aromatic rings. The molecule has 1 heterocycles. The summed E-state index contributed by atoms with van der Waals surface area (Å²) in [6.07, 6.45) is 1.79. The first-order chi connectivity index (χ1) is 8.06. The lowest BCUT2D eigenvalue weighted by atomic mass is 10.1. The summed E-state index contributed by atoms with van der Waals surface area (Å²) < 4.78 is 0. The Hall–Kier alpha value is -1.12. The maximum absolute atomic E-state index is 12.0. The van der Waals surface area contributed by atoms with Crippen molar-refractivity contribution in [1.82, 2.24) is 9.80 Å². The number of rotatable bonds is 4. The van der Waals surface area contributed by atoms with Crippen LogP contribution >= 0.6 is 0 Å². The summed E-state index contributed by atoms with van der Waals surface area (Å²) in [5.74, 6) is 0.0225. The molecule has 1 aliphatic rings. The van der Waals surface area contributed by atoms with E-state index in [0.29, 0.717) is 19.5 Å². The van der Waals surface area contributed by atoms with Gasteiger partial charge in [0.25, 0.3) is 0 Å². The summed E-state index contributed by atoms with van der Waals surface area (Å²) in [7, 11) is 1.72. The normalized spacial score (nSPS) is 22.8. The zero-order valence-electron chi connectivity index (χ0n) is 10.6. The van der Waals surface area contributed by atoms with Crippen LogP contribution < -0.4 is 0 Å². The molecule has 2 unspecified atom stereocenters. The lowest BCUT2D eigenvalue weighted by Crippen LogP contribution is -2.50. The van der Waals surface area contributed by atoms with Gasteiger partial charge in [-0.1, -0.05) is 0 Å². The summed E-state index contributed by atoms with van der Waals surface area (Å²) in [6, 6.07) is 1.82. The van der Waals surface area contributed by atoms with E-state index < -0.39 is 0 Å². The van der Waals surface area contributed by atoms with Crippen LogP contribution in [0.5, 0.6) is 0 Å². The third-order valence-electron chi connectivity index (χ3n) is 3.27. The summed E-state index contributed by atoms with van der Waals surface area (Å²) in [6.45, 7) is 3.76. The number of nitriles is 1. The van der Waals surface area contributed by atoms with Crippen molar-refractivity contribution < 1.29 is 9.90 Å². The van der Waals surface area contributed by atoms with Gasteiger partial charge >= 0.3 is 0 Å². The molecule has 1 aliphatic heterocycles. The number of aliphatic hydroxyl groups is 1. The predicted molar refractivity (Wildman–Crippen MR) is 64.1 cm³/mol. The Morgan fingerprint density at radius 2 is 2.41 bits per heavy atom. The smallest absolute Gasteiger partial charge is 0.239 e. The largest absolute Gasteiger partial charge is 0.392 e. The van der Waals surface area contributed by atoms with Gasteiger partial charge in [0.2, 0.25) is 5.91 Å². The molecular formula is C12H21N3O2. The molecule has 1 N–H and O–H groups in total. The molecule has 1 rings (SSSR count). The Morgan fingerprint density at radius 1 is 1.71 bits per heavy atom. The van der Waals surface area contributed by atoms with Crippen LogP contribution in [0.15, 0.2) is 0 Å². The van der Waals surface area contributed by atoms with E-state index in [1.807, 2.05) is 17.9 Å². The van der Waals surface area contributed by atoms with Crippen molar-refractivity contribution >= 4 is 5.91 Å². The van der Waals surface area contributed by atoms with E-state index in [4.69, 9.17) is 5.26 Å². The first-order valence-electron chi connectivity index (χ1n) is 6.10. The standard InChI is InChI=1S/C12H21N3O2/c1-10(12(17)14(2)7-4-6-13)15-8-3-5-11(16)9-15/h10-11,16H,3-5,7-9H2,1-2H3. The van der Waals surface area contributed by atoms with E-state index in [-0.39, 0.29) is 18.1 Å². The van der Waals surface area contributed by atoms with Gasteiger partial charge in [0.05, 0.1) is 24.6 Å². The molecule has 5 heteroatoms. The zero-order valence-corrected chi connectivity index (χ0v) is 10.6. The Kier molecular flexibility index (Phi) is 5.39. The van der Waals surface area contributed by atoms with Crippen molar-refractivity contribution in [3.05, 3.63) is 0 Å². The quantitative estimate of drug-likeness (QED) is 0.761. The number of β-amino-alcohol motifs (C(OH)–C–C–N with tert-alkyl or cyclic N) is 1. The average Bonchev–Trinajstić information content (AvgIpc) is 2.34. The van der Waals surface area contributed by atoms with Crippen LogP contribution in [0.2, 0.25) is 0 Å². The molecular weight excluding hydrogens is 218 g/mol. The second kappa shape index (κ2) is 6.58. The van der Waals surface area contributed by atoms with Crippen molar-refractivity contribution in [2.45, 2.75) is 38.3 Å². The molecule has 17 heavy (non-hydrogen) atoms. The molecule has 1 amide bonds. The zero-order chi connectivity index (χ0) is 12.8. The van der Waals surface area contributed by atoms with Gasteiger partial charge in [0, 0.05) is 20.1 Å². The topological polar surface area (TPSA) is 67.6 Å². The SMILES string of the molecule is CC(C(=O)N(C)CCC#N)N1CCCC(O)C1. The van der Waals surface area contributed by atoms with Crippen LogP contribution in [0.25, 0.3) is 0 Å². The Balaban J connectivity index is 2.47. The number of nitrogens with zero attached hydrogens (tertiary/aromatic N) is 3. The molecule has 96 valence electrons. The number of piperidine rings is 1. The molecule has 0 spiro atoms. The molecule has 0 saturated carbocycles. The third-order valence-corrected chi connectivity index (χ3v) is 3.27. The highest BCUT2D eigenvalue weighted by molar-refractivity contribution is 5.81. The van der Waals surface area contributed by atoms with Crippen LogP contribution in [0.1, 0.15) is 26.2 Å². The van der Waals surface area contributed by atoms with E-state index in [2.05, 4.69) is 0 Å². The second-order valence-electron chi connectivity index (χ2n) is 4.63. The van der Waals surface area contributed by atoms with Crippen LogP contribution in [0, 0.1) is 11.3 Å². The number of likely N-dealkylation sites (tertiary alicyclic amines) is 1. The molecule has 0 aliphatic carbocycles. The van der Waals surface area contributed by atoms with E-state index >= 15 is 0 Å². The maximum atomic E-state index is 12.0. The van der Waals surface area contributed by atoms with E-state index in [0.717, 1.165) is 19.4 Å². The molecule has 0 aromatic heterocycles. The minimum absolute atomic E-state index is 0.0225. The number of likely N-dealkylation sites (N-methyl/N-ethyl adjacent to an activating group) is 1. The molecule has 0 bridgehead atoms. The highest BCUT2D eigenvalue weighted by Crippen LogP contribution is 2.14. The van der Waals surface area contributed by atoms with Gasteiger partial charge in [-0.2, -0.15) is 5.26 Å². The summed E-state index contributed by atoms with van der Waals surface area (Å²) in [4.78, 5) is 15.7. The molecule has 0 radical (unpaired) electrons. The van der Waals surface area contributed by atoms with Gasteiger partial charge < -0.3 is 10.0 Å². The molecule has 1 fully saturated rings. The van der Waals surface area contributed by atoms with E-state index in [1.54, 1.807) is 11.9 Å². The van der Waals surface area contributed by atoms with Gasteiger partial charge in [-0.25, -0.2) is 0 Å². The highest BCUT2D eigenvalue weighted by Gasteiger charge is 2.27. The van der Waals surface area contributed by atoms with Gasteiger partial charge in [-0.15, -0.1) is 0 Å². The fourth-order valence-corrected chi connectivity index (χ4v) is 2.14. The first-order valence-corrected chi connectivity index (χ1v) is 6.10. The number of carbonyl (C=O) groups excluding carboxylic acids is 1. The predicted octanol–water partition coefficient (Wildman–Crippen LogP) is 0.204. The van der Waals surface area contributed by atoms with Crippen molar-refractivity contribution in [3.63, 3.8) is 0 Å². The van der Waals surface area contributed by atoms with Crippen LogP contribution in [0.3, 0.4) is 0 Å². The molecule has 1 saturated heterocycles. The van der Waals surface area contributed by atoms with Crippen molar-refractivity contribution in [2.24, 2.45) is 0 Å². The number of hydrogen-bond acceptors (Lipinski definition) is 4. The first kappa shape index (κ1) is 13.9. The fraction of sp³-hybridized carbons (Fsp3) is 0.833. The highest BCUT2D eigenvalue weighted by atomic mass is 16.3. The Bertz CT molecular complexity index is 301. The van der Waals surface area contributed by atoms with Crippen LogP contribution in [0.4, 0.5) is 0 Å². The lowest BCUT2D eigenvalue weighted by Gasteiger charge is -2.35. The monoisotopic (exact) mass is 239 g/mol. The minimum atomic E-state index is -0.316. The Labute approximate surface area is 103 Å². The number of carbonyl (C=O) groups is 1. The van der Waals surface area contributed by atoms with Crippen molar-refractivity contribution in [1.29, 1.82) is 5.26 Å². The summed E-state index contributed by atoms with van der Waals surface area (Å²) in [5.41, 5.74) is 0. The van der Waals surface area contributed by atoms with Crippen LogP contribution in [-0.2, 0) is 4.79 Å². The number of hydrogen-bond donors (Lipinski definition) is 1. The van der Waals surface area contributed by atoms with E-state index in [9.17, 15) is 9.90 Å². The summed E-state index contributed by atoms with van der Waals surface area (Å²) >= 11 is 0. The van der Waals surface area contributed by atoms with Crippen molar-refractivity contribution in [2.75, 3.05) is 26.7 Å². The molecule has 2 atom stereocenters. The van der Waals surface area contributed by atoms with Gasteiger partial charge in [0.1, 0.15) is 0 Å². The van der Waals surface area contributed by atoms with Gasteiger partial charge in [-0.05, 0) is 26.3 Å². The van der Waals surface area contributed by atoms with Crippen molar-refractivity contribution in [3.8, 4) is 6.07 Å². The van der Waals surface area contributed by atoms with Gasteiger partial charge in [0.15, 0.2) is 0 Å². The minimum Gasteiger partial charge on any atom is -0.392 e. The average molecular weight is 239 g/mol. The van der Waals surface area contributed by atoms with Crippen LogP contribution in [-0.4, -0.2) is 59.6 Å². The Morgan fingerprint density at radius 3 is 3.00 bits per heavy atom. The second-order valence-corrected chi connectivity index (χ2v) is 4.63.